The van der Waals surface area contributed by atoms with E-state index in [1.165, 1.54) is 11.3 Å². The van der Waals surface area contributed by atoms with Crippen molar-refractivity contribution in [1.29, 1.82) is 0 Å². The molecule has 12 heavy (non-hydrogen) atoms. The van der Waals surface area contributed by atoms with Gasteiger partial charge in [0, 0.05) is 11.1 Å². The average molecular weight is 181 g/mol. The van der Waals surface area contributed by atoms with Gasteiger partial charge in [0.1, 0.15) is 0 Å². The molecular weight excluding hydrogens is 174 g/mol. The van der Waals surface area contributed by atoms with E-state index in [4.69, 9.17) is 0 Å². The first-order valence-corrected chi connectivity index (χ1v) is 4.42. The second kappa shape index (κ2) is 2.94. The van der Waals surface area contributed by atoms with Crippen molar-refractivity contribution in [3.05, 3.63) is 22.3 Å². The second-order valence-corrected chi connectivity index (χ2v) is 3.11. The number of carbonyl (C=O) groups is 1. The summed E-state index contributed by atoms with van der Waals surface area (Å²) in [6.45, 7) is 0.566. The lowest BCUT2D eigenvalue weighted by atomic mass is 10.3. The Kier molecular flexibility index (Phi) is 1.79. The monoisotopic (exact) mass is 181 g/mol. The fourth-order valence-corrected chi connectivity index (χ4v) is 1.48. The zero-order valence-corrected chi connectivity index (χ0v) is 7.02. The van der Waals surface area contributed by atoms with E-state index in [1.807, 2.05) is 11.5 Å². The molecule has 1 aliphatic heterocycles. The molecule has 0 bridgehead atoms. The van der Waals surface area contributed by atoms with Crippen LogP contribution in [0.2, 0.25) is 0 Å². The minimum absolute atomic E-state index is 0.142. The van der Waals surface area contributed by atoms with E-state index in [9.17, 15) is 4.79 Å². The summed E-state index contributed by atoms with van der Waals surface area (Å²) in [5, 5.41) is 7.24. The number of hydrogen-bond acceptors (Lipinski definition) is 3. The van der Waals surface area contributed by atoms with Gasteiger partial charge in [-0.2, -0.15) is 0 Å². The fourth-order valence-electron chi connectivity index (χ4n) is 0.968. The van der Waals surface area contributed by atoms with E-state index < -0.39 is 0 Å². The van der Waals surface area contributed by atoms with Gasteiger partial charge in [0.25, 0.3) is 0 Å². The van der Waals surface area contributed by atoms with Crippen LogP contribution in [0.4, 0.5) is 4.79 Å². The van der Waals surface area contributed by atoms with Crippen molar-refractivity contribution >= 4 is 23.4 Å². The van der Waals surface area contributed by atoms with Crippen molar-refractivity contribution in [2.45, 2.75) is 0 Å². The lowest BCUT2D eigenvalue weighted by Crippen LogP contribution is -2.19. The van der Waals surface area contributed by atoms with Crippen LogP contribution >= 0.6 is 11.3 Å². The minimum atomic E-state index is -0.142. The van der Waals surface area contributed by atoms with Crippen LogP contribution in [0.25, 0.3) is 6.08 Å². The summed E-state index contributed by atoms with van der Waals surface area (Å²) in [6.07, 6.45) is 1.86. The molecule has 0 spiro atoms. The highest BCUT2D eigenvalue weighted by Gasteiger charge is 2.12. The predicted molar refractivity (Wildman–Crippen MR) is 46.6 cm³/mol. The van der Waals surface area contributed by atoms with Crippen LogP contribution in [-0.4, -0.2) is 17.6 Å². The average Bonchev–Trinajstić information content (AvgIpc) is 2.63. The van der Waals surface area contributed by atoms with Crippen LogP contribution < -0.4 is 10.6 Å². The summed E-state index contributed by atoms with van der Waals surface area (Å²) >= 11 is 1.53. The molecule has 1 saturated heterocycles. The molecule has 4 nitrogen and oxygen atoms in total. The van der Waals surface area contributed by atoms with E-state index in [0.717, 1.165) is 11.4 Å². The third kappa shape index (κ3) is 1.45. The van der Waals surface area contributed by atoms with Crippen molar-refractivity contribution in [2.75, 3.05) is 6.54 Å². The molecule has 0 aromatic carbocycles. The minimum Gasteiger partial charge on any atom is -0.332 e. The number of carbonyl (C=O) groups excluding carboxylic acids is 1. The molecular formula is C7H7N3OS. The summed E-state index contributed by atoms with van der Waals surface area (Å²) in [6, 6.07) is -0.142. The molecule has 2 heterocycles. The molecule has 0 saturated carbocycles. The molecule has 1 aromatic rings. The number of rotatable bonds is 1. The van der Waals surface area contributed by atoms with Gasteiger partial charge in [-0.05, 0) is 6.08 Å². The molecule has 5 heteroatoms. The number of hydrogen-bond donors (Lipinski definition) is 2. The highest BCUT2D eigenvalue weighted by molar-refractivity contribution is 7.07. The first-order chi connectivity index (χ1) is 5.84. The van der Waals surface area contributed by atoms with E-state index in [1.54, 1.807) is 5.51 Å². The van der Waals surface area contributed by atoms with Gasteiger partial charge in [-0.15, -0.1) is 11.3 Å². The van der Waals surface area contributed by atoms with Gasteiger partial charge < -0.3 is 10.6 Å². The van der Waals surface area contributed by atoms with Crippen molar-refractivity contribution in [2.24, 2.45) is 0 Å². The Bertz CT molecular complexity index is 317. The molecule has 0 aliphatic carbocycles. The second-order valence-electron chi connectivity index (χ2n) is 2.39. The molecule has 2 N–H and O–H groups in total. The highest BCUT2D eigenvalue weighted by Crippen LogP contribution is 2.06. The quantitative estimate of drug-likeness (QED) is 0.673. The van der Waals surface area contributed by atoms with Crippen LogP contribution in [0.15, 0.2) is 16.6 Å². The van der Waals surface area contributed by atoms with Crippen LogP contribution in [-0.2, 0) is 0 Å². The van der Waals surface area contributed by atoms with Gasteiger partial charge in [-0.3, -0.25) is 0 Å². The number of thiazole rings is 1. The zero-order valence-electron chi connectivity index (χ0n) is 6.20. The zero-order chi connectivity index (χ0) is 8.39. The summed E-state index contributed by atoms with van der Waals surface area (Å²) in [5.74, 6) is 0. The van der Waals surface area contributed by atoms with Crippen LogP contribution in [0.3, 0.4) is 0 Å². The SMILES string of the molecule is O=C1NCC(=Cc2cscn2)N1. The first kappa shape index (κ1) is 7.30. The number of urea groups is 1. The molecule has 1 aromatic heterocycles. The van der Waals surface area contributed by atoms with Gasteiger partial charge >= 0.3 is 6.03 Å². The fraction of sp³-hybridized carbons (Fsp3) is 0.143. The standard InChI is InChI=1S/C7H7N3OS/c11-7-8-2-5(10-7)1-6-3-12-4-9-6/h1,3-4H,2H2,(H2,8,10,11). The Hall–Kier alpha value is -1.36. The van der Waals surface area contributed by atoms with Crippen molar-refractivity contribution in [3.8, 4) is 0 Å². The van der Waals surface area contributed by atoms with Crippen LogP contribution in [0, 0.1) is 0 Å². The molecule has 62 valence electrons. The number of amides is 2. The summed E-state index contributed by atoms with van der Waals surface area (Å²) in [5.41, 5.74) is 3.52. The smallest absolute Gasteiger partial charge is 0.319 e. The Morgan fingerprint density at radius 1 is 1.67 bits per heavy atom. The number of aromatic nitrogens is 1. The van der Waals surface area contributed by atoms with E-state index >= 15 is 0 Å². The number of nitrogens with one attached hydrogen (secondary N) is 2. The molecule has 1 aliphatic rings. The first-order valence-electron chi connectivity index (χ1n) is 3.48. The lowest BCUT2D eigenvalue weighted by Gasteiger charge is -1.90. The summed E-state index contributed by atoms with van der Waals surface area (Å²) in [7, 11) is 0. The maximum atomic E-state index is 10.7. The number of nitrogens with zero attached hydrogens (tertiary/aromatic N) is 1. The van der Waals surface area contributed by atoms with E-state index in [-0.39, 0.29) is 6.03 Å². The third-order valence-corrected chi connectivity index (χ3v) is 2.09. The molecule has 0 unspecified atom stereocenters. The molecule has 0 atom stereocenters. The highest BCUT2D eigenvalue weighted by atomic mass is 32.1. The van der Waals surface area contributed by atoms with Gasteiger partial charge in [0.05, 0.1) is 17.7 Å². The Labute approximate surface area is 73.3 Å². The Morgan fingerprint density at radius 3 is 3.17 bits per heavy atom. The topological polar surface area (TPSA) is 54.0 Å². The van der Waals surface area contributed by atoms with Crippen molar-refractivity contribution < 1.29 is 4.79 Å². The molecule has 1 fully saturated rings. The normalized spacial score (nSPS) is 19.3. The van der Waals surface area contributed by atoms with Gasteiger partial charge in [-0.1, -0.05) is 0 Å². The largest absolute Gasteiger partial charge is 0.332 e. The van der Waals surface area contributed by atoms with E-state index in [2.05, 4.69) is 15.6 Å². The van der Waals surface area contributed by atoms with Gasteiger partial charge in [-0.25, -0.2) is 9.78 Å². The summed E-state index contributed by atoms with van der Waals surface area (Å²) < 4.78 is 0. The maximum absolute atomic E-state index is 10.7. The van der Waals surface area contributed by atoms with Crippen LogP contribution in [0.5, 0.6) is 0 Å². The predicted octanol–water partition coefficient (Wildman–Crippen LogP) is 0.797. The summed E-state index contributed by atoms with van der Waals surface area (Å²) in [4.78, 5) is 14.8. The Balaban J connectivity index is 2.15. The molecule has 0 radical (unpaired) electrons. The van der Waals surface area contributed by atoms with Crippen molar-refractivity contribution in [3.63, 3.8) is 0 Å². The lowest BCUT2D eigenvalue weighted by molar-refractivity contribution is 0.249. The molecule has 2 rings (SSSR count). The van der Waals surface area contributed by atoms with Gasteiger partial charge in [0.2, 0.25) is 0 Å². The van der Waals surface area contributed by atoms with Gasteiger partial charge in [0.15, 0.2) is 0 Å². The van der Waals surface area contributed by atoms with E-state index in [0.29, 0.717) is 6.54 Å². The Morgan fingerprint density at radius 2 is 2.58 bits per heavy atom. The van der Waals surface area contributed by atoms with Crippen molar-refractivity contribution in [1.82, 2.24) is 15.6 Å². The third-order valence-electron chi connectivity index (χ3n) is 1.49. The molecule has 2 amide bonds. The maximum Gasteiger partial charge on any atom is 0.319 e. The van der Waals surface area contributed by atoms with Crippen LogP contribution in [0.1, 0.15) is 5.69 Å².